The minimum absolute atomic E-state index is 0.103. The standard InChI is InChI=1S/C21H22N4O2S/c1-13-3-6-15(7-4-13)10-23-24-18(26)11-25-12-22-20-19(21(25)27)16-8-5-14(2)9-17(16)28-20/h3-4,6-7,10,12,14H,5,8-9,11H2,1-2H3,(H,24,26)/b23-10-. The monoisotopic (exact) mass is 394 g/mol. The topological polar surface area (TPSA) is 76.3 Å². The molecule has 4 rings (SSSR count). The summed E-state index contributed by atoms with van der Waals surface area (Å²) in [5.41, 5.74) is 5.52. The summed E-state index contributed by atoms with van der Waals surface area (Å²) in [6.07, 6.45) is 6.03. The van der Waals surface area contributed by atoms with Crippen LogP contribution in [0.25, 0.3) is 10.2 Å². The number of benzene rings is 1. The van der Waals surface area contributed by atoms with Crippen LogP contribution in [0.1, 0.15) is 34.9 Å². The van der Waals surface area contributed by atoms with Gasteiger partial charge in [-0.25, -0.2) is 10.4 Å². The number of hydrogen-bond acceptors (Lipinski definition) is 5. The van der Waals surface area contributed by atoms with Crippen LogP contribution in [0, 0.1) is 12.8 Å². The van der Waals surface area contributed by atoms with Gasteiger partial charge in [0.2, 0.25) is 0 Å². The zero-order valence-electron chi connectivity index (χ0n) is 15.9. The zero-order chi connectivity index (χ0) is 19.7. The van der Waals surface area contributed by atoms with Crippen LogP contribution in [0.4, 0.5) is 0 Å². The van der Waals surface area contributed by atoms with E-state index in [0.29, 0.717) is 11.3 Å². The van der Waals surface area contributed by atoms with Gasteiger partial charge < -0.3 is 0 Å². The molecule has 6 nitrogen and oxygen atoms in total. The number of fused-ring (bicyclic) bond motifs is 3. The van der Waals surface area contributed by atoms with Crippen LogP contribution in [-0.2, 0) is 24.2 Å². The van der Waals surface area contributed by atoms with Crippen molar-refractivity contribution in [2.45, 2.75) is 39.7 Å². The summed E-state index contributed by atoms with van der Waals surface area (Å²) in [6.45, 7) is 4.14. The second-order valence-corrected chi connectivity index (χ2v) is 8.50. The molecule has 28 heavy (non-hydrogen) atoms. The Kier molecular flexibility index (Phi) is 5.09. The molecule has 1 aromatic carbocycles. The Labute approximate surface area is 166 Å². The van der Waals surface area contributed by atoms with Crippen molar-refractivity contribution in [3.8, 4) is 0 Å². The summed E-state index contributed by atoms with van der Waals surface area (Å²) in [4.78, 5) is 31.6. The van der Waals surface area contributed by atoms with Gasteiger partial charge in [0.05, 0.1) is 17.9 Å². The number of amides is 1. The Morgan fingerprint density at radius 2 is 2.18 bits per heavy atom. The maximum atomic E-state index is 12.9. The van der Waals surface area contributed by atoms with Gasteiger partial charge in [0.1, 0.15) is 11.4 Å². The molecule has 144 valence electrons. The number of hydrazone groups is 1. The van der Waals surface area contributed by atoms with Crippen LogP contribution in [0.2, 0.25) is 0 Å². The number of hydrogen-bond donors (Lipinski definition) is 1. The van der Waals surface area contributed by atoms with E-state index in [9.17, 15) is 9.59 Å². The van der Waals surface area contributed by atoms with Crippen LogP contribution in [0.15, 0.2) is 40.5 Å². The molecular weight excluding hydrogens is 372 g/mol. The number of nitrogens with one attached hydrogen (secondary N) is 1. The molecule has 0 saturated heterocycles. The normalized spacial score (nSPS) is 16.4. The summed E-state index contributed by atoms with van der Waals surface area (Å²) >= 11 is 1.61. The molecule has 2 aromatic heterocycles. The maximum Gasteiger partial charge on any atom is 0.262 e. The van der Waals surface area contributed by atoms with Crippen molar-refractivity contribution in [3.05, 3.63) is 62.5 Å². The summed E-state index contributed by atoms with van der Waals surface area (Å²) in [6, 6.07) is 7.81. The first-order valence-corrected chi connectivity index (χ1v) is 10.2. The Morgan fingerprint density at radius 1 is 1.39 bits per heavy atom. The van der Waals surface area contributed by atoms with E-state index in [1.165, 1.54) is 15.8 Å². The Bertz CT molecular complexity index is 1110. The van der Waals surface area contributed by atoms with E-state index in [0.717, 1.165) is 40.8 Å². The fourth-order valence-corrected chi connectivity index (χ4v) is 4.84. The second kappa shape index (κ2) is 7.67. The minimum atomic E-state index is -0.357. The molecule has 1 unspecified atom stereocenters. The minimum Gasteiger partial charge on any atom is -0.289 e. The summed E-state index contributed by atoms with van der Waals surface area (Å²) in [5.74, 6) is 0.282. The molecule has 7 heteroatoms. The number of nitrogens with zero attached hydrogens (tertiary/aromatic N) is 3. The lowest BCUT2D eigenvalue weighted by Crippen LogP contribution is -2.30. The van der Waals surface area contributed by atoms with Gasteiger partial charge in [0.15, 0.2) is 0 Å². The quantitative estimate of drug-likeness (QED) is 0.546. The third kappa shape index (κ3) is 3.75. The first-order chi connectivity index (χ1) is 13.5. The van der Waals surface area contributed by atoms with Gasteiger partial charge in [-0.1, -0.05) is 36.8 Å². The van der Waals surface area contributed by atoms with Crippen molar-refractivity contribution in [2.75, 3.05) is 0 Å². The van der Waals surface area contributed by atoms with Gasteiger partial charge in [-0.2, -0.15) is 5.10 Å². The van der Waals surface area contributed by atoms with E-state index in [2.05, 4.69) is 22.4 Å². The lowest BCUT2D eigenvalue weighted by atomic mass is 9.89. The molecule has 0 spiro atoms. The number of aromatic nitrogens is 2. The molecule has 2 heterocycles. The molecular formula is C21H22N4O2S. The van der Waals surface area contributed by atoms with Crippen molar-refractivity contribution < 1.29 is 4.79 Å². The van der Waals surface area contributed by atoms with E-state index in [1.54, 1.807) is 17.6 Å². The van der Waals surface area contributed by atoms with Crippen molar-refractivity contribution in [1.29, 1.82) is 0 Å². The highest BCUT2D eigenvalue weighted by atomic mass is 32.1. The molecule has 1 N–H and O–H groups in total. The van der Waals surface area contributed by atoms with Crippen molar-refractivity contribution in [1.82, 2.24) is 15.0 Å². The van der Waals surface area contributed by atoms with E-state index in [1.807, 2.05) is 31.2 Å². The number of carbonyl (C=O) groups is 1. The van der Waals surface area contributed by atoms with E-state index in [-0.39, 0.29) is 18.0 Å². The molecule has 0 bridgehead atoms. The molecule has 1 aliphatic carbocycles. The lowest BCUT2D eigenvalue weighted by molar-refractivity contribution is -0.121. The third-order valence-corrected chi connectivity index (χ3v) is 6.24. The van der Waals surface area contributed by atoms with Crippen molar-refractivity contribution >= 4 is 33.7 Å². The highest BCUT2D eigenvalue weighted by Gasteiger charge is 2.23. The fourth-order valence-electron chi connectivity index (χ4n) is 3.50. The maximum absolute atomic E-state index is 12.9. The Hall–Kier alpha value is -2.80. The molecule has 0 radical (unpaired) electrons. The van der Waals surface area contributed by atoms with Crippen LogP contribution in [0.3, 0.4) is 0 Å². The highest BCUT2D eigenvalue weighted by molar-refractivity contribution is 7.18. The van der Waals surface area contributed by atoms with Gasteiger partial charge in [-0.15, -0.1) is 11.3 Å². The number of rotatable bonds is 4. The third-order valence-electron chi connectivity index (χ3n) is 5.08. The zero-order valence-corrected chi connectivity index (χ0v) is 16.8. The summed E-state index contributed by atoms with van der Waals surface area (Å²) in [5, 5.41) is 4.66. The van der Waals surface area contributed by atoms with Crippen molar-refractivity contribution in [2.24, 2.45) is 11.0 Å². The van der Waals surface area contributed by atoms with Gasteiger partial charge in [-0.05, 0) is 43.2 Å². The van der Waals surface area contributed by atoms with Crippen LogP contribution in [-0.4, -0.2) is 21.7 Å². The van der Waals surface area contributed by atoms with Crippen molar-refractivity contribution in [3.63, 3.8) is 0 Å². The average molecular weight is 395 g/mol. The van der Waals surface area contributed by atoms with Crippen LogP contribution >= 0.6 is 11.3 Å². The Balaban J connectivity index is 1.50. The Morgan fingerprint density at radius 3 is 2.96 bits per heavy atom. The van der Waals surface area contributed by atoms with Gasteiger partial charge >= 0.3 is 0 Å². The first-order valence-electron chi connectivity index (χ1n) is 9.39. The largest absolute Gasteiger partial charge is 0.289 e. The average Bonchev–Trinajstić information content (AvgIpc) is 3.04. The molecule has 1 aliphatic rings. The molecule has 0 saturated carbocycles. The molecule has 3 aromatic rings. The summed E-state index contributed by atoms with van der Waals surface area (Å²) in [7, 11) is 0. The van der Waals surface area contributed by atoms with Crippen LogP contribution in [0.5, 0.6) is 0 Å². The predicted molar refractivity (Wildman–Crippen MR) is 112 cm³/mol. The van der Waals surface area contributed by atoms with E-state index in [4.69, 9.17) is 0 Å². The molecule has 0 aliphatic heterocycles. The van der Waals surface area contributed by atoms with E-state index >= 15 is 0 Å². The van der Waals surface area contributed by atoms with E-state index < -0.39 is 0 Å². The van der Waals surface area contributed by atoms with Crippen LogP contribution < -0.4 is 11.0 Å². The SMILES string of the molecule is Cc1ccc(/C=N\NC(=O)Cn2cnc3sc4c(c3c2=O)CCC(C)C4)cc1. The molecule has 1 amide bonds. The smallest absolute Gasteiger partial charge is 0.262 e. The van der Waals surface area contributed by atoms with Gasteiger partial charge in [0.25, 0.3) is 11.5 Å². The number of aryl methyl sites for hydroxylation is 2. The summed E-state index contributed by atoms with van der Waals surface area (Å²) < 4.78 is 1.37. The molecule has 1 atom stereocenters. The molecule has 0 fully saturated rings. The fraction of sp³-hybridized carbons (Fsp3) is 0.333. The number of carbonyl (C=O) groups excluding carboxylic acids is 1. The first kappa shape index (κ1) is 18.6. The van der Waals surface area contributed by atoms with Gasteiger partial charge in [-0.3, -0.25) is 14.2 Å². The number of thiophene rings is 1. The second-order valence-electron chi connectivity index (χ2n) is 7.41. The highest BCUT2D eigenvalue weighted by Crippen LogP contribution is 2.35. The lowest BCUT2D eigenvalue weighted by Gasteiger charge is -2.17. The predicted octanol–water partition coefficient (Wildman–Crippen LogP) is 3.04. The van der Waals surface area contributed by atoms with Gasteiger partial charge in [0, 0.05) is 4.88 Å².